The summed E-state index contributed by atoms with van der Waals surface area (Å²) in [5.74, 6) is -1.26. The Morgan fingerprint density at radius 2 is 1.87 bits per heavy atom. The lowest BCUT2D eigenvalue weighted by atomic mass is 10.1. The molecule has 0 aliphatic rings. The summed E-state index contributed by atoms with van der Waals surface area (Å²) in [5.41, 5.74) is -0.420. The van der Waals surface area contributed by atoms with E-state index in [0.717, 1.165) is 0 Å². The van der Waals surface area contributed by atoms with Gasteiger partial charge in [0.05, 0.1) is 16.2 Å². The van der Waals surface area contributed by atoms with Crippen molar-refractivity contribution in [2.24, 2.45) is 0 Å². The number of aromatic nitrogens is 1. The summed E-state index contributed by atoms with van der Waals surface area (Å²) in [7, 11) is 1.61. The highest BCUT2D eigenvalue weighted by Gasteiger charge is 2.19. The summed E-state index contributed by atoms with van der Waals surface area (Å²) in [5, 5.41) is 15.4. The van der Waals surface area contributed by atoms with E-state index in [9.17, 15) is 19.5 Å². The number of nitrogens with one attached hydrogen (secondary N) is 2. The number of ether oxygens (including phenoxy) is 1. The second kappa shape index (κ2) is 10.0. The number of carbonyl (C=O) groups is 3. The first-order valence-electron chi connectivity index (χ1n) is 9.39. The van der Waals surface area contributed by atoms with Crippen molar-refractivity contribution in [3.05, 3.63) is 33.9 Å². The standard InChI is InChI=1S/C20H24Cl2N4O5/c1-20(2,3)31-19(30)26(4)7-5-6-23-18(29)25-14-10-15(17(27)28)24-13-9-11(21)8-12(22)16(13)14/h8-10H,5-7H2,1-4H3,(H,27,28)(H2,23,24,25,29). The van der Waals surface area contributed by atoms with Crippen LogP contribution in [0.5, 0.6) is 0 Å². The van der Waals surface area contributed by atoms with Crippen molar-refractivity contribution in [1.29, 1.82) is 0 Å². The van der Waals surface area contributed by atoms with Crippen LogP contribution in [-0.4, -0.2) is 58.8 Å². The molecule has 0 saturated carbocycles. The van der Waals surface area contributed by atoms with Crippen LogP contribution in [0.3, 0.4) is 0 Å². The molecule has 1 aromatic heterocycles. The van der Waals surface area contributed by atoms with Crippen LogP contribution >= 0.6 is 23.2 Å². The van der Waals surface area contributed by atoms with Gasteiger partial charge in [-0.05, 0) is 45.4 Å². The number of nitrogens with zero attached hydrogens (tertiary/aromatic N) is 2. The van der Waals surface area contributed by atoms with Crippen molar-refractivity contribution in [2.75, 3.05) is 25.5 Å². The van der Waals surface area contributed by atoms with E-state index in [0.29, 0.717) is 18.4 Å². The van der Waals surface area contributed by atoms with E-state index in [1.165, 1.54) is 23.1 Å². The summed E-state index contributed by atoms with van der Waals surface area (Å²) >= 11 is 12.2. The predicted molar refractivity (Wildman–Crippen MR) is 119 cm³/mol. The van der Waals surface area contributed by atoms with Crippen LogP contribution in [0.25, 0.3) is 10.9 Å². The number of carboxylic acids is 1. The molecule has 0 radical (unpaired) electrons. The summed E-state index contributed by atoms with van der Waals surface area (Å²) in [4.78, 5) is 41.0. The topological polar surface area (TPSA) is 121 Å². The number of hydrogen-bond acceptors (Lipinski definition) is 5. The summed E-state index contributed by atoms with van der Waals surface area (Å²) < 4.78 is 5.26. The largest absolute Gasteiger partial charge is 0.477 e. The van der Waals surface area contributed by atoms with Gasteiger partial charge in [-0.25, -0.2) is 19.4 Å². The number of hydrogen-bond donors (Lipinski definition) is 3. The van der Waals surface area contributed by atoms with Gasteiger partial charge >= 0.3 is 18.1 Å². The van der Waals surface area contributed by atoms with Gasteiger partial charge in [-0.1, -0.05) is 23.2 Å². The molecule has 0 saturated heterocycles. The van der Waals surface area contributed by atoms with Crippen molar-refractivity contribution >= 4 is 57.9 Å². The average molecular weight is 471 g/mol. The van der Waals surface area contributed by atoms with Gasteiger partial charge in [0.25, 0.3) is 0 Å². The molecule has 9 nitrogen and oxygen atoms in total. The van der Waals surface area contributed by atoms with Crippen LogP contribution < -0.4 is 10.6 Å². The highest BCUT2D eigenvalue weighted by Crippen LogP contribution is 2.33. The van der Waals surface area contributed by atoms with Gasteiger partial charge in [-0.15, -0.1) is 0 Å². The molecule has 0 atom stereocenters. The Labute approximate surface area is 189 Å². The Morgan fingerprint density at radius 3 is 2.48 bits per heavy atom. The van der Waals surface area contributed by atoms with E-state index in [-0.39, 0.29) is 33.5 Å². The van der Waals surface area contributed by atoms with Crippen molar-refractivity contribution in [3.63, 3.8) is 0 Å². The molecule has 2 rings (SSSR count). The maximum absolute atomic E-state index is 12.3. The van der Waals surface area contributed by atoms with Crippen LogP contribution in [0.15, 0.2) is 18.2 Å². The van der Waals surface area contributed by atoms with E-state index in [1.807, 2.05) is 0 Å². The average Bonchev–Trinajstić information content (AvgIpc) is 2.62. The number of anilines is 1. The predicted octanol–water partition coefficient (Wildman–Crippen LogP) is 4.62. The lowest BCUT2D eigenvalue weighted by molar-refractivity contribution is 0.0297. The second-order valence-corrected chi connectivity index (χ2v) is 8.62. The van der Waals surface area contributed by atoms with Crippen LogP contribution in [0.2, 0.25) is 10.0 Å². The molecule has 2 aromatic rings. The highest BCUT2D eigenvalue weighted by atomic mass is 35.5. The molecule has 3 amide bonds. The fourth-order valence-electron chi connectivity index (χ4n) is 2.61. The Balaban J connectivity index is 2.01. The van der Waals surface area contributed by atoms with Gasteiger partial charge in [0.15, 0.2) is 5.69 Å². The van der Waals surface area contributed by atoms with E-state index in [4.69, 9.17) is 27.9 Å². The van der Waals surface area contributed by atoms with E-state index in [1.54, 1.807) is 27.8 Å². The molecule has 0 aliphatic carbocycles. The number of aromatic carboxylic acids is 1. The molecule has 0 unspecified atom stereocenters. The molecule has 3 N–H and O–H groups in total. The maximum Gasteiger partial charge on any atom is 0.410 e. The van der Waals surface area contributed by atoms with E-state index in [2.05, 4.69) is 15.6 Å². The third kappa shape index (κ3) is 7.15. The number of halogens is 2. The van der Waals surface area contributed by atoms with Crippen LogP contribution in [0.4, 0.5) is 15.3 Å². The monoisotopic (exact) mass is 470 g/mol. The lowest BCUT2D eigenvalue weighted by Gasteiger charge is -2.24. The Hall–Kier alpha value is -2.78. The number of urea groups is 1. The van der Waals surface area contributed by atoms with E-state index >= 15 is 0 Å². The molecule has 11 heteroatoms. The van der Waals surface area contributed by atoms with Crippen molar-refractivity contribution in [3.8, 4) is 0 Å². The number of pyridine rings is 1. The Kier molecular flexibility index (Phi) is 7.91. The fourth-order valence-corrected chi connectivity index (χ4v) is 3.19. The fraction of sp³-hybridized carbons (Fsp3) is 0.400. The number of carboxylic acid groups (broad SMARTS) is 1. The molecule has 31 heavy (non-hydrogen) atoms. The molecular weight excluding hydrogens is 447 g/mol. The molecule has 0 spiro atoms. The van der Waals surface area contributed by atoms with Gasteiger partial charge in [-0.3, -0.25) is 0 Å². The first kappa shape index (κ1) is 24.5. The molecule has 0 bridgehead atoms. The van der Waals surface area contributed by atoms with Crippen molar-refractivity contribution < 1.29 is 24.2 Å². The van der Waals surface area contributed by atoms with Crippen LogP contribution in [0, 0.1) is 0 Å². The minimum Gasteiger partial charge on any atom is -0.477 e. The normalized spacial score (nSPS) is 11.2. The molecule has 0 fully saturated rings. The SMILES string of the molecule is CN(CCCNC(=O)Nc1cc(C(=O)O)nc2cc(Cl)cc(Cl)c12)C(=O)OC(C)(C)C. The number of amides is 3. The minimum absolute atomic E-state index is 0.187. The first-order valence-corrected chi connectivity index (χ1v) is 10.1. The van der Waals surface area contributed by atoms with Gasteiger partial charge in [0.2, 0.25) is 0 Å². The van der Waals surface area contributed by atoms with Crippen molar-refractivity contribution in [1.82, 2.24) is 15.2 Å². The van der Waals surface area contributed by atoms with Crippen LogP contribution in [-0.2, 0) is 4.74 Å². The highest BCUT2D eigenvalue weighted by molar-refractivity contribution is 6.39. The number of carbonyl (C=O) groups excluding carboxylic acids is 2. The Bertz CT molecular complexity index is 1010. The first-order chi connectivity index (χ1) is 14.4. The van der Waals surface area contributed by atoms with Gasteiger partial charge < -0.3 is 25.4 Å². The summed E-state index contributed by atoms with van der Waals surface area (Å²) in [6.45, 7) is 5.99. The molecular formula is C20H24Cl2N4O5. The van der Waals surface area contributed by atoms with Crippen molar-refractivity contribution in [2.45, 2.75) is 32.8 Å². The second-order valence-electron chi connectivity index (χ2n) is 7.78. The Morgan fingerprint density at radius 1 is 1.19 bits per heavy atom. The maximum atomic E-state index is 12.3. The van der Waals surface area contributed by atoms with E-state index < -0.39 is 23.7 Å². The molecule has 0 aliphatic heterocycles. The number of fused-ring (bicyclic) bond motifs is 1. The molecule has 1 aromatic carbocycles. The molecule has 168 valence electrons. The summed E-state index contributed by atoms with van der Waals surface area (Å²) in [6.07, 6.45) is 0.0338. The van der Waals surface area contributed by atoms with Crippen LogP contribution in [0.1, 0.15) is 37.7 Å². The number of benzene rings is 1. The van der Waals surface area contributed by atoms with Gasteiger partial charge in [-0.2, -0.15) is 0 Å². The smallest absolute Gasteiger partial charge is 0.410 e. The zero-order chi connectivity index (χ0) is 23.3. The zero-order valence-corrected chi connectivity index (χ0v) is 19.1. The third-order valence-corrected chi connectivity index (χ3v) is 4.47. The third-order valence-electron chi connectivity index (χ3n) is 3.95. The van der Waals surface area contributed by atoms with Gasteiger partial charge in [0.1, 0.15) is 5.60 Å². The molecule has 1 heterocycles. The number of rotatable bonds is 6. The lowest BCUT2D eigenvalue weighted by Crippen LogP contribution is -2.36. The quantitative estimate of drug-likeness (QED) is 0.529. The van der Waals surface area contributed by atoms with Gasteiger partial charge in [0, 0.05) is 30.5 Å². The minimum atomic E-state index is -1.26. The summed E-state index contributed by atoms with van der Waals surface area (Å²) in [6, 6.07) is 3.60. The zero-order valence-electron chi connectivity index (χ0n) is 17.6.